The Labute approximate surface area is 143 Å². The van der Waals surface area contributed by atoms with Gasteiger partial charge in [-0.2, -0.15) is 13.2 Å². The number of carbonyl (C=O) groups excluding carboxylic acids is 1. The van der Waals surface area contributed by atoms with Crippen LogP contribution in [-0.4, -0.2) is 65.6 Å². The Morgan fingerprint density at radius 1 is 1.20 bits per heavy atom. The smallest absolute Gasteiger partial charge is 0.475 e. The summed E-state index contributed by atoms with van der Waals surface area (Å²) in [5, 5.41) is 26.4. The van der Waals surface area contributed by atoms with E-state index in [9.17, 15) is 23.1 Å². The summed E-state index contributed by atoms with van der Waals surface area (Å²) >= 11 is 0. The van der Waals surface area contributed by atoms with Gasteiger partial charge >= 0.3 is 12.1 Å². The molecule has 3 atom stereocenters. The van der Waals surface area contributed by atoms with E-state index < -0.39 is 17.7 Å². The molecule has 0 radical (unpaired) electrons. The van der Waals surface area contributed by atoms with Gasteiger partial charge in [-0.3, -0.25) is 4.79 Å². The highest BCUT2D eigenvalue weighted by Gasteiger charge is 2.40. The second-order valence-electron chi connectivity index (χ2n) is 6.95. The molecule has 2 heterocycles. The number of aliphatic carboxylic acids is 1. The number of alkyl halides is 3. The quantitative estimate of drug-likeness (QED) is 0.480. The second-order valence-corrected chi connectivity index (χ2v) is 6.95. The molecule has 3 aliphatic rings. The normalized spacial score (nSPS) is 30.3. The molecule has 2 saturated heterocycles. The van der Waals surface area contributed by atoms with Crippen molar-refractivity contribution >= 4 is 11.9 Å². The number of aliphatic hydroxyl groups is 1. The zero-order valence-electron chi connectivity index (χ0n) is 13.7. The Hall–Kier alpha value is -1.39. The molecule has 0 aromatic rings. The molecular formula is C15H24F3N3O4. The highest BCUT2D eigenvalue weighted by molar-refractivity contribution is 5.82. The van der Waals surface area contributed by atoms with Gasteiger partial charge in [0.1, 0.15) is 5.60 Å². The zero-order chi connectivity index (χ0) is 18.7. The first kappa shape index (κ1) is 19.9. The molecule has 144 valence electrons. The van der Waals surface area contributed by atoms with Crippen molar-refractivity contribution in [1.82, 2.24) is 16.0 Å². The number of carboxylic acid groups (broad SMARTS) is 1. The molecule has 7 nitrogen and oxygen atoms in total. The molecule has 3 unspecified atom stereocenters. The minimum Gasteiger partial charge on any atom is -0.475 e. The SMILES string of the molecule is O=C(NCC1(O)CNC1)C1CC2CCCCC2N1.O=C(O)C(F)(F)F. The summed E-state index contributed by atoms with van der Waals surface area (Å²) in [6.45, 7) is 1.53. The monoisotopic (exact) mass is 367 g/mol. The van der Waals surface area contributed by atoms with Gasteiger partial charge in [0.2, 0.25) is 5.91 Å². The van der Waals surface area contributed by atoms with Crippen molar-refractivity contribution in [3.05, 3.63) is 0 Å². The molecule has 0 spiro atoms. The molecule has 10 heteroatoms. The number of hydrogen-bond acceptors (Lipinski definition) is 5. The summed E-state index contributed by atoms with van der Waals surface area (Å²) in [6, 6.07) is 0.498. The number of rotatable bonds is 3. The van der Waals surface area contributed by atoms with Gasteiger partial charge in [-0.15, -0.1) is 0 Å². The number of carboxylic acids is 1. The molecule has 0 bridgehead atoms. The van der Waals surface area contributed by atoms with Crippen molar-refractivity contribution in [2.75, 3.05) is 19.6 Å². The second kappa shape index (κ2) is 7.88. The molecule has 1 aliphatic carbocycles. The zero-order valence-corrected chi connectivity index (χ0v) is 13.7. The molecule has 0 aromatic heterocycles. The lowest BCUT2D eigenvalue weighted by molar-refractivity contribution is -0.192. The van der Waals surface area contributed by atoms with Gasteiger partial charge in [-0.1, -0.05) is 12.8 Å². The van der Waals surface area contributed by atoms with Crippen molar-refractivity contribution in [3.8, 4) is 0 Å². The van der Waals surface area contributed by atoms with Gasteiger partial charge < -0.3 is 26.2 Å². The van der Waals surface area contributed by atoms with E-state index in [1.165, 1.54) is 25.7 Å². The van der Waals surface area contributed by atoms with Crippen LogP contribution < -0.4 is 16.0 Å². The standard InChI is InChI=1S/C13H23N3O2.C2HF3O2/c17-12(15-8-13(18)6-14-7-13)11-5-9-3-1-2-4-10(9)16-11;3-2(4,5)1(6)7/h9-11,14,16,18H,1-8H2,(H,15,17);(H,6,7). The third-order valence-corrected chi connectivity index (χ3v) is 4.92. The first-order valence-electron chi connectivity index (χ1n) is 8.38. The third kappa shape index (κ3) is 5.55. The van der Waals surface area contributed by atoms with Gasteiger partial charge in [0.15, 0.2) is 0 Å². The van der Waals surface area contributed by atoms with Crippen LogP contribution in [-0.2, 0) is 9.59 Å². The van der Waals surface area contributed by atoms with E-state index in [0.29, 0.717) is 31.6 Å². The molecular weight excluding hydrogens is 343 g/mol. The topological polar surface area (TPSA) is 111 Å². The summed E-state index contributed by atoms with van der Waals surface area (Å²) in [4.78, 5) is 21.0. The number of amides is 1. The summed E-state index contributed by atoms with van der Waals surface area (Å²) < 4.78 is 31.7. The first-order chi connectivity index (χ1) is 11.6. The molecule has 3 fully saturated rings. The van der Waals surface area contributed by atoms with Gasteiger partial charge in [0.05, 0.1) is 6.04 Å². The van der Waals surface area contributed by atoms with E-state index in [0.717, 1.165) is 6.42 Å². The van der Waals surface area contributed by atoms with E-state index >= 15 is 0 Å². The number of carbonyl (C=O) groups is 2. The van der Waals surface area contributed by atoms with E-state index in [1.807, 2.05) is 0 Å². The van der Waals surface area contributed by atoms with Crippen LogP contribution in [0.1, 0.15) is 32.1 Å². The van der Waals surface area contributed by atoms with Crippen LogP contribution in [0.15, 0.2) is 0 Å². The predicted molar refractivity (Wildman–Crippen MR) is 81.8 cm³/mol. The van der Waals surface area contributed by atoms with E-state index in [4.69, 9.17) is 9.90 Å². The molecule has 2 aliphatic heterocycles. The molecule has 0 aromatic carbocycles. The maximum atomic E-state index is 12.1. The minimum absolute atomic E-state index is 0.0465. The summed E-state index contributed by atoms with van der Waals surface area (Å²) in [6.07, 6.45) is 0.946. The Balaban J connectivity index is 0.000000277. The summed E-state index contributed by atoms with van der Waals surface area (Å²) in [5.41, 5.74) is -0.721. The molecule has 1 amide bonds. The highest BCUT2D eigenvalue weighted by atomic mass is 19.4. The van der Waals surface area contributed by atoms with E-state index in [2.05, 4.69) is 16.0 Å². The Morgan fingerprint density at radius 3 is 2.28 bits per heavy atom. The lowest BCUT2D eigenvalue weighted by Gasteiger charge is -2.37. The first-order valence-corrected chi connectivity index (χ1v) is 8.38. The van der Waals surface area contributed by atoms with Crippen LogP contribution in [0.5, 0.6) is 0 Å². The van der Waals surface area contributed by atoms with Crippen molar-refractivity contribution in [3.63, 3.8) is 0 Å². The fraction of sp³-hybridized carbons (Fsp3) is 0.867. The Kier molecular flexibility index (Phi) is 6.28. The van der Waals surface area contributed by atoms with Crippen LogP contribution >= 0.6 is 0 Å². The fourth-order valence-electron chi connectivity index (χ4n) is 3.43. The predicted octanol–water partition coefficient (Wildman–Crippen LogP) is -0.00910. The number of hydrogen-bond donors (Lipinski definition) is 5. The minimum atomic E-state index is -5.08. The Morgan fingerprint density at radius 2 is 1.80 bits per heavy atom. The lowest BCUT2D eigenvalue weighted by atomic mass is 9.85. The average molecular weight is 367 g/mol. The van der Waals surface area contributed by atoms with Crippen LogP contribution in [0.3, 0.4) is 0 Å². The molecule has 1 saturated carbocycles. The maximum Gasteiger partial charge on any atom is 0.490 e. The van der Waals surface area contributed by atoms with Crippen molar-refractivity contribution < 1.29 is 33.0 Å². The van der Waals surface area contributed by atoms with E-state index in [1.54, 1.807) is 0 Å². The molecule has 25 heavy (non-hydrogen) atoms. The van der Waals surface area contributed by atoms with Gasteiger partial charge in [-0.05, 0) is 25.2 Å². The molecule has 3 rings (SSSR count). The third-order valence-electron chi connectivity index (χ3n) is 4.92. The van der Waals surface area contributed by atoms with Gasteiger partial charge in [-0.25, -0.2) is 4.79 Å². The number of halogens is 3. The molecule has 5 N–H and O–H groups in total. The van der Waals surface area contributed by atoms with Crippen molar-refractivity contribution in [2.24, 2.45) is 5.92 Å². The fourth-order valence-corrected chi connectivity index (χ4v) is 3.43. The van der Waals surface area contributed by atoms with Gasteiger partial charge in [0.25, 0.3) is 0 Å². The van der Waals surface area contributed by atoms with Crippen molar-refractivity contribution in [1.29, 1.82) is 0 Å². The van der Waals surface area contributed by atoms with E-state index in [-0.39, 0.29) is 11.9 Å². The van der Waals surface area contributed by atoms with Crippen LogP contribution in [0.2, 0.25) is 0 Å². The Bertz CT molecular complexity index is 483. The largest absolute Gasteiger partial charge is 0.490 e. The van der Waals surface area contributed by atoms with Gasteiger partial charge in [0, 0.05) is 25.7 Å². The summed E-state index contributed by atoms with van der Waals surface area (Å²) in [7, 11) is 0. The lowest BCUT2D eigenvalue weighted by Crippen LogP contribution is -2.65. The summed E-state index contributed by atoms with van der Waals surface area (Å²) in [5.74, 6) is -2.01. The highest BCUT2D eigenvalue weighted by Crippen LogP contribution is 2.33. The van der Waals surface area contributed by atoms with Crippen LogP contribution in [0, 0.1) is 5.92 Å². The number of fused-ring (bicyclic) bond motifs is 1. The number of nitrogens with one attached hydrogen (secondary N) is 3. The number of β-amino-alcohol motifs (C(OH)–C–C–N with tert-alkyl or cyclic N) is 1. The average Bonchev–Trinajstić information content (AvgIpc) is 2.94. The van der Waals surface area contributed by atoms with Crippen LogP contribution in [0.4, 0.5) is 13.2 Å². The van der Waals surface area contributed by atoms with Crippen molar-refractivity contribution in [2.45, 2.75) is 56.0 Å². The maximum absolute atomic E-state index is 12.1. The van der Waals surface area contributed by atoms with Crippen LogP contribution in [0.25, 0.3) is 0 Å².